The molecule has 0 bridgehead atoms. The Morgan fingerprint density at radius 1 is 1.32 bits per heavy atom. The van der Waals surface area contributed by atoms with Gasteiger partial charge in [-0.25, -0.2) is 13.1 Å². The minimum atomic E-state index is -3.61. The van der Waals surface area contributed by atoms with E-state index in [9.17, 15) is 13.2 Å². The molecule has 1 aromatic rings. The molecule has 104 valence electrons. The molecule has 0 spiro atoms. The van der Waals surface area contributed by atoms with E-state index in [0.29, 0.717) is 11.3 Å². The molecule has 1 rings (SSSR count). The van der Waals surface area contributed by atoms with E-state index in [1.165, 1.54) is 13.0 Å². The molecule has 0 radical (unpaired) electrons. The lowest BCUT2D eigenvalue weighted by atomic mass is 10.2. The standard InChI is InChI=1S/C13H18N2O3S/c1-9(2)8-14-19(17,18)13-7-12(15-11(4)16)6-5-10(13)3/h5-7,14H,1,8H2,2-4H3,(H,15,16). The fourth-order valence-electron chi connectivity index (χ4n) is 1.47. The molecule has 6 heteroatoms. The molecule has 0 unspecified atom stereocenters. The number of nitrogens with one attached hydrogen (secondary N) is 2. The van der Waals surface area contributed by atoms with Gasteiger partial charge in [-0.15, -0.1) is 0 Å². The maximum atomic E-state index is 12.1. The molecule has 0 fully saturated rings. The van der Waals surface area contributed by atoms with Crippen molar-refractivity contribution in [2.45, 2.75) is 25.7 Å². The highest BCUT2D eigenvalue weighted by atomic mass is 32.2. The van der Waals surface area contributed by atoms with Crippen LogP contribution in [0.5, 0.6) is 0 Å². The second-order valence-corrected chi connectivity index (χ2v) is 6.18. The molecular formula is C13H18N2O3S. The molecular weight excluding hydrogens is 264 g/mol. The molecule has 0 aliphatic carbocycles. The van der Waals surface area contributed by atoms with Crippen LogP contribution in [0.2, 0.25) is 0 Å². The van der Waals surface area contributed by atoms with E-state index in [4.69, 9.17) is 0 Å². The summed E-state index contributed by atoms with van der Waals surface area (Å²) < 4.78 is 26.7. The quantitative estimate of drug-likeness (QED) is 0.809. The number of sulfonamides is 1. The second-order valence-electron chi connectivity index (χ2n) is 4.44. The van der Waals surface area contributed by atoms with Crippen LogP contribution in [0, 0.1) is 6.92 Å². The maximum absolute atomic E-state index is 12.1. The molecule has 0 aliphatic rings. The largest absolute Gasteiger partial charge is 0.326 e. The monoisotopic (exact) mass is 282 g/mol. The lowest BCUT2D eigenvalue weighted by Crippen LogP contribution is -2.26. The van der Waals surface area contributed by atoms with Gasteiger partial charge < -0.3 is 5.32 Å². The fraction of sp³-hybridized carbons (Fsp3) is 0.308. The molecule has 0 atom stereocenters. The maximum Gasteiger partial charge on any atom is 0.241 e. The summed E-state index contributed by atoms with van der Waals surface area (Å²) in [6.45, 7) is 8.64. The van der Waals surface area contributed by atoms with Crippen LogP contribution in [-0.2, 0) is 14.8 Å². The number of hydrogen-bond acceptors (Lipinski definition) is 3. The molecule has 0 saturated carbocycles. The van der Waals surface area contributed by atoms with Crippen LogP contribution in [0.25, 0.3) is 0 Å². The number of benzene rings is 1. The molecule has 2 N–H and O–H groups in total. The number of carbonyl (C=O) groups excluding carboxylic acids is 1. The zero-order valence-corrected chi connectivity index (χ0v) is 12.1. The van der Waals surface area contributed by atoms with Crippen molar-refractivity contribution in [3.63, 3.8) is 0 Å². The molecule has 0 heterocycles. The smallest absolute Gasteiger partial charge is 0.241 e. The highest BCUT2D eigenvalue weighted by Gasteiger charge is 2.17. The van der Waals surface area contributed by atoms with Gasteiger partial charge in [0.1, 0.15) is 0 Å². The number of anilines is 1. The van der Waals surface area contributed by atoms with E-state index in [1.807, 2.05) is 0 Å². The fourth-order valence-corrected chi connectivity index (χ4v) is 2.83. The summed E-state index contributed by atoms with van der Waals surface area (Å²) in [4.78, 5) is 11.1. The first-order valence-corrected chi connectivity index (χ1v) is 7.23. The van der Waals surface area contributed by atoms with E-state index in [-0.39, 0.29) is 17.3 Å². The third-order valence-corrected chi connectivity index (χ3v) is 3.91. The van der Waals surface area contributed by atoms with Gasteiger partial charge in [-0.3, -0.25) is 4.79 Å². The van der Waals surface area contributed by atoms with E-state index >= 15 is 0 Å². The molecule has 19 heavy (non-hydrogen) atoms. The summed E-state index contributed by atoms with van der Waals surface area (Å²) in [5.41, 5.74) is 1.79. The van der Waals surface area contributed by atoms with Crippen molar-refractivity contribution in [1.82, 2.24) is 4.72 Å². The Balaban J connectivity index is 3.10. The Morgan fingerprint density at radius 2 is 1.95 bits per heavy atom. The van der Waals surface area contributed by atoms with Crippen LogP contribution in [0.3, 0.4) is 0 Å². The SMILES string of the molecule is C=C(C)CNS(=O)(=O)c1cc(NC(C)=O)ccc1C. The minimum Gasteiger partial charge on any atom is -0.326 e. The van der Waals surface area contributed by atoms with Gasteiger partial charge in [-0.05, 0) is 31.5 Å². The lowest BCUT2D eigenvalue weighted by Gasteiger charge is -2.11. The van der Waals surface area contributed by atoms with E-state index in [0.717, 1.165) is 5.57 Å². The van der Waals surface area contributed by atoms with Crippen molar-refractivity contribution in [1.29, 1.82) is 0 Å². The molecule has 5 nitrogen and oxygen atoms in total. The highest BCUT2D eigenvalue weighted by molar-refractivity contribution is 7.89. The zero-order chi connectivity index (χ0) is 14.6. The molecule has 1 amide bonds. The van der Waals surface area contributed by atoms with Crippen molar-refractivity contribution in [3.8, 4) is 0 Å². The van der Waals surface area contributed by atoms with Crippen LogP contribution in [0.1, 0.15) is 19.4 Å². The Morgan fingerprint density at radius 3 is 2.47 bits per heavy atom. The van der Waals surface area contributed by atoms with E-state index in [1.54, 1.807) is 26.0 Å². The van der Waals surface area contributed by atoms with Gasteiger partial charge in [0.25, 0.3) is 0 Å². The van der Waals surface area contributed by atoms with Gasteiger partial charge in [0.2, 0.25) is 15.9 Å². The summed E-state index contributed by atoms with van der Waals surface area (Å²) >= 11 is 0. The van der Waals surface area contributed by atoms with Crippen LogP contribution in [0.4, 0.5) is 5.69 Å². The van der Waals surface area contributed by atoms with Crippen molar-refractivity contribution < 1.29 is 13.2 Å². The van der Waals surface area contributed by atoms with Crippen LogP contribution in [-0.4, -0.2) is 20.9 Å². The minimum absolute atomic E-state index is 0.153. The first-order chi connectivity index (χ1) is 8.72. The van der Waals surface area contributed by atoms with Crippen molar-refractivity contribution >= 4 is 21.6 Å². The van der Waals surface area contributed by atoms with Crippen molar-refractivity contribution in [3.05, 3.63) is 35.9 Å². The highest BCUT2D eigenvalue weighted by Crippen LogP contribution is 2.20. The van der Waals surface area contributed by atoms with Gasteiger partial charge >= 0.3 is 0 Å². The lowest BCUT2D eigenvalue weighted by molar-refractivity contribution is -0.114. The number of hydrogen-bond donors (Lipinski definition) is 2. The summed E-state index contributed by atoms with van der Waals surface area (Å²) in [7, 11) is -3.61. The average molecular weight is 282 g/mol. The predicted molar refractivity (Wildman–Crippen MR) is 75.5 cm³/mol. The third kappa shape index (κ3) is 4.50. The Labute approximate surface area is 113 Å². The van der Waals surface area contributed by atoms with Crippen molar-refractivity contribution in [2.24, 2.45) is 0 Å². The number of carbonyl (C=O) groups is 1. The molecule has 1 aromatic carbocycles. The summed E-state index contributed by atoms with van der Waals surface area (Å²) in [5.74, 6) is -0.248. The Kier molecular flexibility index (Phi) is 4.85. The second kappa shape index (κ2) is 5.99. The van der Waals surface area contributed by atoms with Gasteiger partial charge in [0, 0.05) is 19.2 Å². The van der Waals surface area contributed by atoms with Gasteiger partial charge in [0.05, 0.1) is 4.90 Å². The number of rotatable bonds is 5. The summed E-state index contributed by atoms with van der Waals surface area (Å²) in [6.07, 6.45) is 0. The first kappa shape index (κ1) is 15.4. The Bertz CT molecular complexity index is 606. The number of aryl methyl sites for hydroxylation is 1. The van der Waals surface area contributed by atoms with Gasteiger partial charge in [-0.1, -0.05) is 18.2 Å². The average Bonchev–Trinajstić information content (AvgIpc) is 2.28. The molecule has 0 aliphatic heterocycles. The predicted octanol–water partition coefficient (Wildman–Crippen LogP) is 1.81. The number of amides is 1. The molecule has 0 aromatic heterocycles. The van der Waals surface area contributed by atoms with E-state index in [2.05, 4.69) is 16.6 Å². The van der Waals surface area contributed by atoms with Crippen molar-refractivity contribution in [2.75, 3.05) is 11.9 Å². The van der Waals surface area contributed by atoms with E-state index < -0.39 is 10.0 Å². The first-order valence-electron chi connectivity index (χ1n) is 5.74. The topological polar surface area (TPSA) is 75.3 Å². The van der Waals surface area contributed by atoms with Gasteiger partial charge in [0.15, 0.2) is 0 Å². The van der Waals surface area contributed by atoms with Gasteiger partial charge in [-0.2, -0.15) is 0 Å². The molecule has 0 saturated heterocycles. The normalized spacial score (nSPS) is 11.1. The summed E-state index contributed by atoms with van der Waals surface area (Å²) in [6, 6.07) is 4.76. The Hall–Kier alpha value is -1.66. The van der Waals surface area contributed by atoms with Crippen LogP contribution >= 0.6 is 0 Å². The third-order valence-electron chi connectivity index (χ3n) is 2.36. The summed E-state index contributed by atoms with van der Waals surface area (Å²) in [5, 5.41) is 2.56. The zero-order valence-electron chi connectivity index (χ0n) is 11.3. The van der Waals surface area contributed by atoms with Crippen LogP contribution in [0.15, 0.2) is 35.2 Å². The van der Waals surface area contributed by atoms with Crippen LogP contribution < -0.4 is 10.0 Å².